The monoisotopic (exact) mass is 288 g/mol. The van der Waals surface area contributed by atoms with Crippen molar-refractivity contribution in [2.75, 3.05) is 7.11 Å². The molecule has 0 amide bonds. The summed E-state index contributed by atoms with van der Waals surface area (Å²) in [7, 11) is 1.45. The highest BCUT2D eigenvalue weighted by Gasteiger charge is 2.17. The second-order valence-electron chi connectivity index (χ2n) is 4.55. The highest BCUT2D eigenvalue weighted by atomic mass is 16.6. The molecule has 1 atom stereocenters. The van der Waals surface area contributed by atoms with Crippen LogP contribution in [0.5, 0.6) is 17.2 Å². The van der Waals surface area contributed by atoms with Crippen molar-refractivity contribution < 1.29 is 14.4 Å². The first-order valence-electron chi connectivity index (χ1n) is 6.37. The lowest BCUT2D eigenvalue weighted by Crippen LogP contribution is -2.04. The number of nitro groups is 1. The Labute approximate surface area is 122 Å². The first kappa shape index (κ1) is 14.8. The van der Waals surface area contributed by atoms with E-state index in [4.69, 9.17) is 15.2 Å². The zero-order chi connectivity index (χ0) is 15.4. The Morgan fingerprint density at radius 1 is 1.14 bits per heavy atom. The third kappa shape index (κ3) is 3.49. The molecule has 0 saturated heterocycles. The molecular weight excluding hydrogens is 272 g/mol. The van der Waals surface area contributed by atoms with Crippen LogP contribution in [0.25, 0.3) is 0 Å². The van der Waals surface area contributed by atoms with Crippen molar-refractivity contribution in [3.63, 3.8) is 0 Å². The number of nitrogens with two attached hydrogens (primary N) is 1. The molecule has 21 heavy (non-hydrogen) atoms. The summed E-state index contributed by atoms with van der Waals surface area (Å²) in [4.78, 5) is 10.6. The largest absolute Gasteiger partial charge is 0.496 e. The first-order valence-corrected chi connectivity index (χ1v) is 6.37. The number of hydrogen-bond donors (Lipinski definition) is 1. The maximum absolute atomic E-state index is 11.1. The maximum Gasteiger partial charge on any atom is 0.315 e. The van der Waals surface area contributed by atoms with Crippen molar-refractivity contribution >= 4 is 5.69 Å². The summed E-state index contributed by atoms with van der Waals surface area (Å²) in [6.07, 6.45) is 0. The van der Waals surface area contributed by atoms with Crippen LogP contribution < -0.4 is 15.2 Å². The molecule has 6 nitrogen and oxygen atoms in total. The van der Waals surface area contributed by atoms with Gasteiger partial charge in [-0.1, -0.05) is 12.1 Å². The van der Waals surface area contributed by atoms with Gasteiger partial charge in [0.1, 0.15) is 11.5 Å². The van der Waals surface area contributed by atoms with Crippen molar-refractivity contribution in [2.45, 2.75) is 13.0 Å². The van der Waals surface area contributed by atoms with Gasteiger partial charge >= 0.3 is 5.69 Å². The highest BCUT2D eigenvalue weighted by molar-refractivity contribution is 5.52. The van der Waals surface area contributed by atoms with E-state index in [1.165, 1.54) is 19.2 Å². The summed E-state index contributed by atoms with van der Waals surface area (Å²) in [5.41, 5.74) is 6.58. The van der Waals surface area contributed by atoms with Gasteiger partial charge < -0.3 is 15.2 Å². The highest BCUT2D eigenvalue weighted by Crippen LogP contribution is 2.34. The van der Waals surface area contributed by atoms with Gasteiger partial charge in [-0.15, -0.1) is 0 Å². The van der Waals surface area contributed by atoms with Gasteiger partial charge in [0.15, 0.2) is 0 Å². The lowest BCUT2D eigenvalue weighted by atomic mass is 10.1. The second-order valence-corrected chi connectivity index (χ2v) is 4.55. The lowest BCUT2D eigenvalue weighted by Gasteiger charge is -2.09. The van der Waals surface area contributed by atoms with E-state index in [-0.39, 0.29) is 17.5 Å². The fourth-order valence-corrected chi connectivity index (χ4v) is 1.82. The number of nitrogens with zero attached hydrogens (tertiary/aromatic N) is 1. The molecule has 2 aromatic rings. The SMILES string of the molecule is COc1ccc(Oc2ccc(C(C)N)cc2)c([N+](=O)[O-])c1. The fourth-order valence-electron chi connectivity index (χ4n) is 1.82. The van der Waals surface area contributed by atoms with Gasteiger partial charge in [0.05, 0.1) is 18.1 Å². The molecule has 110 valence electrons. The second kappa shape index (κ2) is 6.23. The standard InChI is InChI=1S/C15H16N2O4/c1-10(16)11-3-5-12(6-4-11)21-15-8-7-13(20-2)9-14(15)17(18)19/h3-10H,16H2,1-2H3. The van der Waals surface area contributed by atoms with Crippen molar-refractivity contribution in [1.82, 2.24) is 0 Å². The fraction of sp³-hybridized carbons (Fsp3) is 0.200. The van der Waals surface area contributed by atoms with Crippen molar-refractivity contribution in [1.29, 1.82) is 0 Å². The summed E-state index contributed by atoms with van der Waals surface area (Å²) in [6.45, 7) is 1.88. The molecule has 0 spiro atoms. The average Bonchev–Trinajstić information content (AvgIpc) is 2.48. The van der Waals surface area contributed by atoms with E-state index in [9.17, 15) is 10.1 Å². The van der Waals surface area contributed by atoms with Gasteiger partial charge in [-0.2, -0.15) is 0 Å². The van der Waals surface area contributed by atoms with Crippen LogP contribution in [0.1, 0.15) is 18.5 Å². The molecule has 2 aromatic carbocycles. The predicted molar refractivity (Wildman–Crippen MR) is 78.8 cm³/mol. The van der Waals surface area contributed by atoms with Crippen molar-refractivity contribution in [3.05, 3.63) is 58.1 Å². The minimum absolute atomic E-state index is 0.0747. The number of benzene rings is 2. The number of methoxy groups -OCH3 is 1. The Balaban J connectivity index is 2.28. The maximum atomic E-state index is 11.1. The Hall–Kier alpha value is -2.60. The zero-order valence-electron chi connectivity index (χ0n) is 11.8. The number of rotatable bonds is 5. The molecule has 2 N–H and O–H groups in total. The van der Waals surface area contributed by atoms with E-state index >= 15 is 0 Å². The van der Waals surface area contributed by atoms with Crippen LogP contribution in [0.15, 0.2) is 42.5 Å². The molecule has 0 radical (unpaired) electrons. The molecular formula is C15H16N2O4. The van der Waals surface area contributed by atoms with Gasteiger partial charge in [-0.25, -0.2) is 0 Å². The number of nitro benzene ring substituents is 1. The van der Waals surface area contributed by atoms with Gasteiger partial charge in [0.2, 0.25) is 5.75 Å². The molecule has 1 unspecified atom stereocenters. The van der Waals surface area contributed by atoms with Gasteiger partial charge in [-0.05, 0) is 36.8 Å². The molecule has 0 aliphatic heterocycles. The molecule has 0 fully saturated rings. The van der Waals surface area contributed by atoms with E-state index in [0.29, 0.717) is 11.5 Å². The molecule has 0 aliphatic rings. The van der Waals surface area contributed by atoms with Crippen LogP contribution >= 0.6 is 0 Å². The molecule has 2 rings (SSSR count). The number of ether oxygens (including phenoxy) is 2. The normalized spacial score (nSPS) is 11.8. The summed E-state index contributed by atoms with van der Waals surface area (Å²) >= 11 is 0. The third-order valence-corrected chi connectivity index (χ3v) is 3.00. The minimum Gasteiger partial charge on any atom is -0.496 e. The summed E-state index contributed by atoms with van der Waals surface area (Å²) in [5, 5.41) is 11.1. The van der Waals surface area contributed by atoms with Crippen molar-refractivity contribution in [3.8, 4) is 17.2 Å². The van der Waals surface area contributed by atoms with Crippen LogP contribution in [-0.2, 0) is 0 Å². The first-order chi connectivity index (χ1) is 10.0. The van der Waals surface area contributed by atoms with E-state index in [1.54, 1.807) is 18.2 Å². The Morgan fingerprint density at radius 3 is 2.29 bits per heavy atom. The van der Waals surface area contributed by atoms with Gasteiger partial charge in [-0.3, -0.25) is 10.1 Å². The van der Waals surface area contributed by atoms with Gasteiger partial charge in [0.25, 0.3) is 0 Å². The minimum atomic E-state index is -0.506. The van der Waals surface area contributed by atoms with E-state index < -0.39 is 4.92 Å². The molecule has 0 heterocycles. The average molecular weight is 288 g/mol. The molecule has 0 saturated carbocycles. The van der Waals surface area contributed by atoms with E-state index in [1.807, 2.05) is 19.1 Å². The van der Waals surface area contributed by atoms with Gasteiger partial charge in [0, 0.05) is 6.04 Å². The van der Waals surface area contributed by atoms with Crippen LogP contribution in [0.2, 0.25) is 0 Å². The van der Waals surface area contributed by atoms with E-state index in [0.717, 1.165) is 5.56 Å². The quantitative estimate of drug-likeness (QED) is 0.672. The van der Waals surface area contributed by atoms with Crippen LogP contribution in [-0.4, -0.2) is 12.0 Å². The topological polar surface area (TPSA) is 87.6 Å². The number of hydrogen-bond acceptors (Lipinski definition) is 5. The molecule has 0 bridgehead atoms. The molecule has 0 aromatic heterocycles. The predicted octanol–water partition coefficient (Wildman–Crippen LogP) is 3.42. The van der Waals surface area contributed by atoms with Crippen LogP contribution in [0, 0.1) is 10.1 Å². The Kier molecular flexibility index (Phi) is 4.39. The Bertz CT molecular complexity index is 639. The summed E-state index contributed by atoms with van der Waals surface area (Å²) in [6, 6.07) is 11.5. The summed E-state index contributed by atoms with van der Waals surface area (Å²) < 4.78 is 10.5. The van der Waals surface area contributed by atoms with Crippen LogP contribution in [0.3, 0.4) is 0 Å². The summed E-state index contributed by atoms with van der Waals surface area (Å²) in [5.74, 6) is 1.07. The lowest BCUT2D eigenvalue weighted by molar-refractivity contribution is -0.385. The molecule has 0 aliphatic carbocycles. The molecule has 6 heteroatoms. The smallest absolute Gasteiger partial charge is 0.315 e. The van der Waals surface area contributed by atoms with Crippen molar-refractivity contribution in [2.24, 2.45) is 5.73 Å². The van der Waals surface area contributed by atoms with E-state index in [2.05, 4.69) is 0 Å². The third-order valence-electron chi connectivity index (χ3n) is 3.00. The Morgan fingerprint density at radius 2 is 1.76 bits per heavy atom. The zero-order valence-corrected chi connectivity index (χ0v) is 11.8. The van der Waals surface area contributed by atoms with Crippen LogP contribution in [0.4, 0.5) is 5.69 Å².